The van der Waals surface area contributed by atoms with Crippen molar-refractivity contribution in [3.63, 3.8) is 0 Å². The quantitative estimate of drug-likeness (QED) is 0.849. The maximum atomic E-state index is 12.5. The van der Waals surface area contributed by atoms with Crippen LogP contribution in [0.5, 0.6) is 0 Å². The van der Waals surface area contributed by atoms with Crippen LogP contribution in [0.15, 0.2) is 41.6 Å². The molecular weight excluding hydrogens is 303 g/mol. The van der Waals surface area contributed by atoms with Crippen LogP contribution in [0.3, 0.4) is 0 Å². The number of nitrogens with one attached hydrogen (secondary N) is 2. The van der Waals surface area contributed by atoms with Gasteiger partial charge in [0.15, 0.2) is 0 Å². The van der Waals surface area contributed by atoms with Crippen LogP contribution in [0.25, 0.3) is 0 Å². The minimum atomic E-state index is -4.44. The fraction of sp³-hybridized carbons (Fsp3) is 0.231. The second-order valence-electron chi connectivity index (χ2n) is 4.27. The lowest BCUT2D eigenvalue weighted by Gasteiger charge is -2.14. The van der Waals surface area contributed by atoms with E-state index >= 15 is 0 Å². The first-order valence-corrected chi connectivity index (χ1v) is 6.83. The van der Waals surface area contributed by atoms with Gasteiger partial charge in [-0.2, -0.15) is 18.3 Å². The number of halogens is 3. The van der Waals surface area contributed by atoms with E-state index in [2.05, 4.69) is 15.5 Å². The number of carbonyl (C=O) groups excluding carboxylic acids is 1. The van der Waals surface area contributed by atoms with Gasteiger partial charge in [0.1, 0.15) is 0 Å². The third-order valence-electron chi connectivity index (χ3n) is 2.72. The molecule has 0 aliphatic carbocycles. The molecule has 2 rings (SSSR count). The van der Waals surface area contributed by atoms with E-state index in [0.717, 1.165) is 5.56 Å². The van der Waals surface area contributed by atoms with Crippen molar-refractivity contribution in [1.82, 2.24) is 15.5 Å². The predicted octanol–water partition coefficient (Wildman–Crippen LogP) is 3.51. The van der Waals surface area contributed by atoms with Gasteiger partial charge >= 0.3 is 5.51 Å². The minimum absolute atomic E-state index is 0.00447. The van der Waals surface area contributed by atoms with Gasteiger partial charge in [0.25, 0.3) is 5.91 Å². The molecule has 8 heteroatoms. The predicted molar refractivity (Wildman–Crippen MR) is 72.8 cm³/mol. The van der Waals surface area contributed by atoms with Crippen molar-refractivity contribution in [3.05, 3.63) is 47.8 Å². The summed E-state index contributed by atoms with van der Waals surface area (Å²) < 4.78 is 37.5. The van der Waals surface area contributed by atoms with Crippen LogP contribution in [0.1, 0.15) is 28.9 Å². The molecule has 1 unspecified atom stereocenters. The fourth-order valence-corrected chi connectivity index (χ4v) is 2.39. The van der Waals surface area contributed by atoms with E-state index in [0.29, 0.717) is 0 Å². The summed E-state index contributed by atoms with van der Waals surface area (Å²) in [5, 5.41) is 9.02. The zero-order valence-electron chi connectivity index (χ0n) is 10.9. The van der Waals surface area contributed by atoms with Gasteiger partial charge in [-0.3, -0.25) is 9.89 Å². The smallest absolute Gasteiger partial charge is 0.345 e. The van der Waals surface area contributed by atoms with Crippen molar-refractivity contribution in [2.24, 2.45) is 0 Å². The molecule has 4 nitrogen and oxygen atoms in total. The Hall–Kier alpha value is -1.96. The number of aromatic amines is 1. The Bertz CT molecular complexity index is 613. The van der Waals surface area contributed by atoms with Crippen LogP contribution in [0.2, 0.25) is 0 Å². The average molecular weight is 315 g/mol. The zero-order chi connectivity index (χ0) is 15.5. The molecule has 1 atom stereocenters. The molecule has 1 heterocycles. The zero-order valence-corrected chi connectivity index (χ0v) is 11.8. The van der Waals surface area contributed by atoms with Gasteiger partial charge < -0.3 is 5.32 Å². The first-order chi connectivity index (χ1) is 9.87. The van der Waals surface area contributed by atoms with Crippen LogP contribution in [-0.4, -0.2) is 21.6 Å². The number of hydrogen-bond acceptors (Lipinski definition) is 3. The number of carbonyl (C=O) groups is 1. The van der Waals surface area contributed by atoms with Crippen LogP contribution in [0, 0.1) is 0 Å². The number of rotatable bonds is 4. The highest BCUT2D eigenvalue weighted by atomic mass is 32.2. The Morgan fingerprint density at radius 3 is 2.71 bits per heavy atom. The first kappa shape index (κ1) is 15.4. The van der Waals surface area contributed by atoms with Crippen LogP contribution >= 0.6 is 11.8 Å². The molecule has 0 bridgehead atoms. The van der Waals surface area contributed by atoms with Gasteiger partial charge in [-0.1, -0.05) is 12.1 Å². The second-order valence-corrected chi connectivity index (χ2v) is 5.38. The maximum Gasteiger partial charge on any atom is 0.446 e. The minimum Gasteiger partial charge on any atom is -0.345 e. The third-order valence-corrected chi connectivity index (χ3v) is 3.53. The van der Waals surface area contributed by atoms with Crippen molar-refractivity contribution < 1.29 is 18.0 Å². The highest BCUT2D eigenvalue weighted by molar-refractivity contribution is 8.00. The molecule has 2 aromatic rings. The summed E-state index contributed by atoms with van der Waals surface area (Å²) in [4.78, 5) is 12.0. The summed E-state index contributed by atoms with van der Waals surface area (Å²) in [6.45, 7) is 1.72. The summed E-state index contributed by atoms with van der Waals surface area (Å²) >= 11 is -0.299. The van der Waals surface area contributed by atoms with Crippen molar-refractivity contribution >= 4 is 17.7 Å². The molecule has 1 aromatic carbocycles. The van der Waals surface area contributed by atoms with E-state index < -0.39 is 11.4 Å². The number of amides is 1. The lowest BCUT2D eigenvalue weighted by atomic mass is 10.1. The number of alkyl halides is 3. The van der Waals surface area contributed by atoms with Gasteiger partial charge in [0.2, 0.25) is 0 Å². The molecule has 0 fully saturated rings. The van der Waals surface area contributed by atoms with E-state index in [1.54, 1.807) is 19.3 Å². The van der Waals surface area contributed by atoms with Crippen LogP contribution in [-0.2, 0) is 0 Å². The Kier molecular flexibility index (Phi) is 4.56. The number of H-pyrrole nitrogens is 1. The molecule has 1 amide bonds. The summed E-state index contributed by atoms with van der Waals surface area (Å²) in [5.41, 5.74) is -3.70. The number of nitrogens with zero attached hydrogens (tertiary/aromatic N) is 1. The normalized spacial score (nSPS) is 13.0. The van der Waals surface area contributed by atoms with Gasteiger partial charge in [-0.25, -0.2) is 0 Å². The standard InChI is InChI=1S/C13H12F3N3OS/c1-8(9-6-17-18-7-9)19-12(20)10-4-2-3-5-11(10)21-13(14,15)16/h2-8H,1H3,(H,17,18)(H,19,20). The SMILES string of the molecule is CC(NC(=O)c1ccccc1SC(F)(F)F)c1cn[nH]c1. The Morgan fingerprint density at radius 2 is 2.10 bits per heavy atom. The maximum absolute atomic E-state index is 12.5. The highest BCUT2D eigenvalue weighted by Crippen LogP contribution is 2.38. The van der Waals surface area contributed by atoms with Crippen LogP contribution < -0.4 is 5.32 Å². The largest absolute Gasteiger partial charge is 0.446 e. The Labute approximate surface area is 123 Å². The molecule has 0 aliphatic rings. The average Bonchev–Trinajstić information content (AvgIpc) is 2.91. The summed E-state index contributed by atoms with van der Waals surface area (Å²) in [5.74, 6) is -0.559. The molecule has 0 saturated heterocycles. The summed E-state index contributed by atoms with van der Waals surface area (Å²) in [6.07, 6.45) is 3.16. The number of thioether (sulfide) groups is 1. The van der Waals surface area contributed by atoms with E-state index in [1.807, 2.05) is 0 Å². The van der Waals surface area contributed by atoms with Crippen LogP contribution in [0.4, 0.5) is 13.2 Å². The third kappa shape index (κ3) is 4.25. The van der Waals surface area contributed by atoms with E-state index in [-0.39, 0.29) is 28.3 Å². The van der Waals surface area contributed by atoms with Gasteiger partial charge in [0.05, 0.1) is 17.8 Å². The van der Waals surface area contributed by atoms with Gasteiger partial charge in [0, 0.05) is 16.7 Å². The van der Waals surface area contributed by atoms with E-state index in [1.165, 1.54) is 24.3 Å². The molecule has 112 valence electrons. The van der Waals surface area contributed by atoms with E-state index in [4.69, 9.17) is 0 Å². The van der Waals surface area contributed by atoms with Crippen molar-refractivity contribution in [3.8, 4) is 0 Å². The molecule has 0 spiro atoms. The number of aromatic nitrogens is 2. The second kappa shape index (κ2) is 6.21. The Morgan fingerprint density at radius 1 is 1.38 bits per heavy atom. The van der Waals surface area contributed by atoms with E-state index in [9.17, 15) is 18.0 Å². The van der Waals surface area contributed by atoms with Crippen molar-refractivity contribution in [2.45, 2.75) is 23.4 Å². The summed E-state index contributed by atoms with van der Waals surface area (Å²) in [7, 11) is 0. The molecule has 0 aliphatic heterocycles. The topological polar surface area (TPSA) is 57.8 Å². The van der Waals surface area contributed by atoms with Gasteiger partial charge in [-0.15, -0.1) is 0 Å². The molecule has 0 saturated carbocycles. The summed E-state index contributed by atoms with van der Waals surface area (Å²) in [6, 6.07) is 5.27. The highest BCUT2D eigenvalue weighted by Gasteiger charge is 2.31. The number of benzene rings is 1. The Balaban J connectivity index is 2.16. The van der Waals surface area contributed by atoms with Crippen molar-refractivity contribution in [1.29, 1.82) is 0 Å². The molecule has 2 N–H and O–H groups in total. The lowest BCUT2D eigenvalue weighted by Crippen LogP contribution is -2.27. The fourth-order valence-electron chi connectivity index (χ4n) is 1.72. The molecule has 1 aromatic heterocycles. The lowest BCUT2D eigenvalue weighted by molar-refractivity contribution is -0.0328. The van der Waals surface area contributed by atoms with Gasteiger partial charge in [-0.05, 0) is 30.8 Å². The first-order valence-electron chi connectivity index (χ1n) is 6.01. The molecular formula is C13H12F3N3OS. The van der Waals surface area contributed by atoms with Crippen molar-refractivity contribution in [2.75, 3.05) is 0 Å². The number of hydrogen-bond donors (Lipinski definition) is 2. The molecule has 0 radical (unpaired) electrons. The molecule has 21 heavy (non-hydrogen) atoms. The monoisotopic (exact) mass is 315 g/mol.